The molecule has 0 spiro atoms. The van der Waals surface area contributed by atoms with Gasteiger partial charge < -0.3 is 13.9 Å². The molecule has 6 nitrogen and oxygen atoms in total. The van der Waals surface area contributed by atoms with Crippen LogP contribution in [-0.4, -0.2) is 44.9 Å². The number of hydrogen-bond acceptors (Lipinski definition) is 6. The summed E-state index contributed by atoms with van der Waals surface area (Å²) >= 11 is 0. The molecule has 2 atom stereocenters. The quantitative estimate of drug-likeness (QED) is 0.198. The van der Waals surface area contributed by atoms with Crippen molar-refractivity contribution in [1.82, 2.24) is 0 Å². The number of cyclic esters (lactones) is 1. The second kappa shape index (κ2) is 11.1. The van der Waals surface area contributed by atoms with Crippen LogP contribution < -0.4 is 10.4 Å². The van der Waals surface area contributed by atoms with Gasteiger partial charge in [0.15, 0.2) is 12.2 Å². The molecule has 1 heterocycles. The molecule has 0 aliphatic carbocycles. The molecule has 0 unspecified atom stereocenters. The first kappa shape index (κ1) is 26.3. The molecular formula is C30H30O6Si. The minimum absolute atomic E-state index is 0.177. The molecule has 3 aromatic rings. The molecular weight excluding hydrogens is 484 g/mol. The average Bonchev–Trinajstić information content (AvgIpc) is 3.24. The molecule has 0 N–H and O–H groups in total. The lowest BCUT2D eigenvalue weighted by atomic mass is 10.2. The zero-order valence-electron chi connectivity index (χ0n) is 21.1. The van der Waals surface area contributed by atoms with E-state index in [1.807, 2.05) is 91.0 Å². The van der Waals surface area contributed by atoms with Gasteiger partial charge in [-0.15, -0.1) is 0 Å². The summed E-state index contributed by atoms with van der Waals surface area (Å²) < 4.78 is 17.6. The monoisotopic (exact) mass is 514 g/mol. The van der Waals surface area contributed by atoms with Gasteiger partial charge in [0.2, 0.25) is 0 Å². The Kier molecular flexibility index (Phi) is 7.85. The highest BCUT2D eigenvalue weighted by molar-refractivity contribution is 6.99. The summed E-state index contributed by atoms with van der Waals surface area (Å²) in [6, 6.07) is 28.8. The van der Waals surface area contributed by atoms with E-state index in [1.54, 1.807) is 0 Å². The smallest absolute Gasteiger partial charge is 0.379 e. The zero-order chi connectivity index (χ0) is 26.5. The van der Waals surface area contributed by atoms with Crippen LogP contribution in [0.4, 0.5) is 0 Å². The molecule has 0 amide bonds. The first-order valence-corrected chi connectivity index (χ1v) is 14.1. The Balaban J connectivity index is 1.63. The fourth-order valence-corrected chi connectivity index (χ4v) is 9.23. The van der Waals surface area contributed by atoms with Crippen LogP contribution in [0.5, 0.6) is 0 Å². The number of benzene rings is 3. The lowest BCUT2D eigenvalue weighted by molar-refractivity contribution is -0.158. The molecule has 4 rings (SSSR count). The Morgan fingerprint density at radius 2 is 1.38 bits per heavy atom. The van der Waals surface area contributed by atoms with Gasteiger partial charge in [0.1, 0.15) is 6.61 Å². The van der Waals surface area contributed by atoms with E-state index in [2.05, 4.69) is 20.8 Å². The predicted molar refractivity (Wildman–Crippen MR) is 144 cm³/mol. The summed E-state index contributed by atoms with van der Waals surface area (Å²) in [6.07, 6.45) is 0.487. The molecule has 0 saturated carbocycles. The van der Waals surface area contributed by atoms with Gasteiger partial charge in [-0.25, -0.2) is 9.59 Å². The maximum absolute atomic E-state index is 12.9. The molecule has 1 saturated heterocycles. The number of esters is 2. The summed E-state index contributed by atoms with van der Waals surface area (Å²) in [7, 11) is -3.13. The molecule has 1 aliphatic heterocycles. The van der Waals surface area contributed by atoms with Crippen LogP contribution in [0.1, 0.15) is 26.3 Å². The maximum atomic E-state index is 12.9. The van der Waals surface area contributed by atoms with Crippen LogP contribution in [0, 0.1) is 0 Å². The van der Waals surface area contributed by atoms with Crippen molar-refractivity contribution in [3.8, 4) is 0 Å². The first-order chi connectivity index (χ1) is 17.7. The van der Waals surface area contributed by atoms with Gasteiger partial charge in [0.25, 0.3) is 14.1 Å². The standard InChI is InChI=1S/C30H30O6Si/c1-30(2,3)37(23-15-9-5-10-16-23,24-17-11-6-12-18-24)36-27-26(21-34-29(27)33)35-28(32)25(31)20-19-22-13-7-4-8-14-22/h4-20,26-27H,21H2,1-3H3/b20-19+/t26-,27-/m1/s1. The Hall–Kier alpha value is -3.81. The summed E-state index contributed by atoms with van der Waals surface area (Å²) in [4.78, 5) is 38.0. The number of carbonyl (C=O) groups excluding carboxylic acids is 3. The number of ketones is 1. The van der Waals surface area contributed by atoms with Crippen LogP contribution in [0.2, 0.25) is 5.04 Å². The second-order valence-electron chi connectivity index (χ2n) is 9.88. The predicted octanol–water partition coefficient (Wildman–Crippen LogP) is 3.68. The molecule has 0 aromatic heterocycles. The molecule has 1 fully saturated rings. The lowest BCUT2D eigenvalue weighted by Crippen LogP contribution is -2.68. The molecule has 37 heavy (non-hydrogen) atoms. The summed E-state index contributed by atoms with van der Waals surface area (Å²) in [5.41, 5.74) is 0.774. The highest BCUT2D eigenvalue weighted by atomic mass is 28.4. The Morgan fingerprint density at radius 3 is 1.89 bits per heavy atom. The molecule has 190 valence electrons. The number of hydrogen-bond donors (Lipinski definition) is 0. The summed E-state index contributed by atoms with van der Waals surface area (Å²) in [5, 5.41) is 1.54. The van der Waals surface area contributed by atoms with Gasteiger partial charge in [-0.2, -0.15) is 0 Å². The van der Waals surface area contributed by atoms with Crippen LogP contribution in [0.15, 0.2) is 97.1 Å². The third-order valence-electron chi connectivity index (χ3n) is 6.37. The molecule has 0 bridgehead atoms. The highest BCUT2D eigenvalue weighted by Gasteiger charge is 2.55. The van der Waals surface area contributed by atoms with Crippen molar-refractivity contribution in [3.63, 3.8) is 0 Å². The van der Waals surface area contributed by atoms with E-state index < -0.39 is 43.3 Å². The van der Waals surface area contributed by atoms with Crippen molar-refractivity contribution < 1.29 is 28.3 Å². The van der Waals surface area contributed by atoms with Crippen molar-refractivity contribution in [2.24, 2.45) is 0 Å². The second-order valence-corrected chi connectivity index (χ2v) is 14.1. The van der Waals surface area contributed by atoms with Gasteiger partial charge in [0.05, 0.1) is 0 Å². The van der Waals surface area contributed by atoms with Crippen molar-refractivity contribution in [1.29, 1.82) is 0 Å². The largest absolute Gasteiger partial charge is 0.460 e. The summed E-state index contributed by atoms with van der Waals surface area (Å²) in [5.74, 6) is -2.50. The van der Waals surface area contributed by atoms with Crippen LogP contribution in [-0.2, 0) is 28.3 Å². The summed E-state index contributed by atoms with van der Waals surface area (Å²) in [6.45, 7) is 6.07. The number of rotatable bonds is 8. The molecule has 0 radical (unpaired) electrons. The minimum Gasteiger partial charge on any atom is -0.460 e. The third-order valence-corrected chi connectivity index (χ3v) is 11.4. The topological polar surface area (TPSA) is 78.9 Å². The Bertz CT molecular complexity index is 1230. The fraction of sp³-hybridized carbons (Fsp3) is 0.233. The van der Waals surface area contributed by atoms with Crippen molar-refractivity contribution in [3.05, 3.63) is 103 Å². The van der Waals surface area contributed by atoms with Crippen LogP contribution in [0.25, 0.3) is 6.08 Å². The van der Waals surface area contributed by atoms with E-state index in [9.17, 15) is 14.4 Å². The highest BCUT2D eigenvalue weighted by Crippen LogP contribution is 2.38. The van der Waals surface area contributed by atoms with Crippen LogP contribution >= 0.6 is 0 Å². The minimum atomic E-state index is -3.13. The van der Waals surface area contributed by atoms with Crippen molar-refractivity contribution in [2.75, 3.05) is 6.61 Å². The number of carbonyl (C=O) groups is 3. The molecule has 3 aromatic carbocycles. The van der Waals surface area contributed by atoms with E-state index in [0.717, 1.165) is 22.0 Å². The van der Waals surface area contributed by atoms with Crippen molar-refractivity contribution in [2.45, 2.75) is 38.0 Å². The van der Waals surface area contributed by atoms with Gasteiger partial charge >= 0.3 is 11.9 Å². The SMILES string of the molecule is CC(C)(C)[Si](O[C@H]1C(=O)OC[C@H]1OC(=O)C(=O)/C=C/c1ccccc1)(c1ccccc1)c1ccccc1. The fourth-order valence-electron chi connectivity index (χ4n) is 4.59. The Labute approximate surface area is 218 Å². The van der Waals surface area contributed by atoms with Gasteiger partial charge in [-0.05, 0) is 27.1 Å². The van der Waals surface area contributed by atoms with E-state index in [4.69, 9.17) is 13.9 Å². The van der Waals surface area contributed by atoms with Gasteiger partial charge in [0, 0.05) is 0 Å². The van der Waals surface area contributed by atoms with Gasteiger partial charge in [-0.3, -0.25) is 4.79 Å². The normalized spacial score (nSPS) is 18.0. The van der Waals surface area contributed by atoms with E-state index >= 15 is 0 Å². The van der Waals surface area contributed by atoms with Gasteiger partial charge in [-0.1, -0.05) is 118 Å². The van der Waals surface area contributed by atoms with E-state index in [1.165, 1.54) is 6.08 Å². The molecule has 7 heteroatoms. The van der Waals surface area contributed by atoms with E-state index in [0.29, 0.717) is 0 Å². The number of ether oxygens (including phenoxy) is 2. The lowest BCUT2D eigenvalue weighted by Gasteiger charge is -2.44. The van der Waals surface area contributed by atoms with Crippen LogP contribution in [0.3, 0.4) is 0 Å². The zero-order valence-corrected chi connectivity index (χ0v) is 22.1. The Morgan fingerprint density at radius 1 is 0.865 bits per heavy atom. The van der Waals surface area contributed by atoms with E-state index in [-0.39, 0.29) is 6.61 Å². The average molecular weight is 515 g/mol. The van der Waals surface area contributed by atoms with Crippen molar-refractivity contribution >= 4 is 42.5 Å². The first-order valence-electron chi connectivity index (χ1n) is 12.2. The molecule has 1 aliphatic rings. The maximum Gasteiger partial charge on any atom is 0.379 e. The third kappa shape index (κ3) is 5.63.